The van der Waals surface area contributed by atoms with Gasteiger partial charge in [-0.15, -0.1) is 10.2 Å². The van der Waals surface area contributed by atoms with Crippen molar-refractivity contribution >= 4 is 17.7 Å². The first-order valence-electron chi connectivity index (χ1n) is 10.2. The second-order valence-corrected chi connectivity index (χ2v) is 8.28. The number of nitrogens with zero attached hydrogens (tertiary/aromatic N) is 4. The lowest BCUT2D eigenvalue weighted by atomic mass is 10.1. The first-order valence-corrected chi connectivity index (χ1v) is 11.1. The summed E-state index contributed by atoms with van der Waals surface area (Å²) in [5.41, 5.74) is 2.04. The van der Waals surface area contributed by atoms with E-state index in [0.717, 1.165) is 35.1 Å². The minimum atomic E-state index is -0.352. The average molecular weight is 407 g/mol. The SMILES string of the molecule is CCN(CC)C(=O)[C@@H](Sc1nnc(C2CC2)n1-c1ccccc1)c1ccccc1. The molecule has 1 aliphatic rings. The van der Waals surface area contributed by atoms with E-state index in [4.69, 9.17) is 0 Å². The van der Waals surface area contributed by atoms with Crippen LogP contribution in [-0.4, -0.2) is 38.7 Å². The van der Waals surface area contributed by atoms with Crippen molar-refractivity contribution in [2.24, 2.45) is 0 Å². The lowest BCUT2D eigenvalue weighted by Gasteiger charge is -2.25. The highest BCUT2D eigenvalue weighted by Gasteiger charge is 2.33. The number of carbonyl (C=O) groups is 1. The highest BCUT2D eigenvalue weighted by atomic mass is 32.2. The summed E-state index contributed by atoms with van der Waals surface area (Å²) >= 11 is 1.49. The molecule has 150 valence electrons. The number of thioether (sulfide) groups is 1. The van der Waals surface area contributed by atoms with Crippen molar-refractivity contribution in [2.45, 2.75) is 43.0 Å². The molecule has 0 aliphatic heterocycles. The van der Waals surface area contributed by atoms with Crippen LogP contribution in [0.4, 0.5) is 0 Å². The molecule has 1 aromatic heterocycles. The van der Waals surface area contributed by atoms with Gasteiger partial charge in [-0.25, -0.2) is 0 Å². The summed E-state index contributed by atoms with van der Waals surface area (Å²) in [6, 6.07) is 20.2. The van der Waals surface area contributed by atoms with E-state index in [0.29, 0.717) is 19.0 Å². The normalized spacial score (nSPS) is 14.6. The fourth-order valence-corrected chi connectivity index (χ4v) is 4.62. The first-order chi connectivity index (χ1) is 14.2. The van der Waals surface area contributed by atoms with Crippen molar-refractivity contribution in [1.82, 2.24) is 19.7 Å². The Balaban J connectivity index is 1.74. The maximum atomic E-state index is 13.4. The zero-order valence-electron chi connectivity index (χ0n) is 16.9. The van der Waals surface area contributed by atoms with Crippen LogP contribution in [0.5, 0.6) is 0 Å². The molecule has 0 spiro atoms. The summed E-state index contributed by atoms with van der Waals surface area (Å²) < 4.78 is 2.13. The molecule has 1 fully saturated rings. The van der Waals surface area contributed by atoms with Gasteiger partial charge in [0, 0.05) is 24.7 Å². The van der Waals surface area contributed by atoms with Gasteiger partial charge in [-0.05, 0) is 44.4 Å². The molecule has 0 radical (unpaired) electrons. The molecule has 5 nitrogen and oxygen atoms in total. The zero-order valence-corrected chi connectivity index (χ0v) is 17.7. The molecule has 3 aromatic rings. The number of hydrogen-bond acceptors (Lipinski definition) is 4. The third-order valence-electron chi connectivity index (χ3n) is 5.24. The zero-order chi connectivity index (χ0) is 20.2. The van der Waals surface area contributed by atoms with Gasteiger partial charge in [0.25, 0.3) is 0 Å². The summed E-state index contributed by atoms with van der Waals surface area (Å²) in [4.78, 5) is 15.2. The van der Waals surface area contributed by atoms with Crippen LogP contribution in [0.25, 0.3) is 5.69 Å². The molecule has 6 heteroatoms. The van der Waals surface area contributed by atoms with Crippen molar-refractivity contribution in [3.63, 3.8) is 0 Å². The summed E-state index contributed by atoms with van der Waals surface area (Å²) in [5.74, 6) is 1.58. The minimum Gasteiger partial charge on any atom is -0.342 e. The third-order valence-corrected chi connectivity index (χ3v) is 6.42. The number of benzene rings is 2. The molecule has 1 heterocycles. The Labute approximate surface area is 176 Å². The Morgan fingerprint density at radius 2 is 1.66 bits per heavy atom. The molecule has 1 aliphatic carbocycles. The first kappa shape index (κ1) is 19.7. The van der Waals surface area contributed by atoms with Crippen LogP contribution in [0.1, 0.15) is 49.2 Å². The van der Waals surface area contributed by atoms with Gasteiger partial charge >= 0.3 is 0 Å². The summed E-state index contributed by atoms with van der Waals surface area (Å²) in [6.07, 6.45) is 2.30. The molecular formula is C23H26N4OS. The highest BCUT2D eigenvalue weighted by Crippen LogP contribution is 2.43. The van der Waals surface area contributed by atoms with Gasteiger partial charge < -0.3 is 4.90 Å². The van der Waals surface area contributed by atoms with Gasteiger partial charge in [-0.1, -0.05) is 60.3 Å². The largest absolute Gasteiger partial charge is 0.342 e. The number of aromatic nitrogens is 3. The highest BCUT2D eigenvalue weighted by molar-refractivity contribution is 8.00. The van der Waals surface area contributed by atoms with E-state index in [1.807, 2.05) is 67.3 Å². The summed E-state index contributed by atoms with van der Waals surface area (Å²) in [5, 5.41) is 9.45. The van der Waals surface area contributed by atoms with Crippen molar-refractivity contribution in [1.29, 1.82) is 0 Å². The van der Waals surface area contributed by atoms with Crippen molar-refractivity contribution in [3.05, 3.63) is 72.1 Å². The van der Waals surface area contributed by atoms with Gasteiger partial charge in [-0.2, -0.15) is 0 Å². The Bertz CT molecular complexity index is 950. The van der Waals surface area contributed by atoms with Gasteiger partial charge in [0.1, 0.15) is 11.1 Å². The molecule has 0 unspecified atom stereocenters. The van der Waals surface area contributed by atoms with Crippen molar-refractivity contribution in [2.75, 3.05) is 13.1 Å². The molecule has 0 N–H and O–H groups in total. The fourth-order valence-electron chi connectivity index (χ4n) is 3.48. The number of hydrogen-bond donors (Lipinski definition) is 0. The molecule has 29 heavy (non-hydrogen) atoms. The van der Waals surface area contributed by atoms with E-state index in [9.17, 15) is 4.79 Å². The van der Waals surface area contributed by atoms with Crippen LogP contribution in [0, 0.1) is 0 Å². The van der Waals surface area contributed by atoms with Gasteiger partial charge in [0.15, 0.2) is 5.16 Å². The molecule has 1 atom stereocenters. The lowest BCUT2D eigenvalue weighted by Crippen LogP contribution is -2.34. The van der Waals surface area contributed by atoms with E-state index < -0.39 is 0 Å². The number of amides is 1. The molecule has 1 saturated carbocycles. The summed E-state index contributed by atoms with van der Waals surface area (Å²) in [7, 11) is 0. The Morgan fingerprint density at radius 3 is 2.24 bits per heavy atom. The third kappa shape index (κ3) is 4.22. The maximum absolute atomic E-state index is 13.4. The molecule has 0 bridgehead atoms. The Kier molecular flexibility index (Phi) is 6.00. The van der Waals surface area contributed by atoms with Gasteiger partial charge in [0.05, 0.1) is 0 Å². The molecule has 4 rings (SSSR count). The lowest BCUT2D eigenvalue weighted by molar-refractivity contribution is -0.130. The van der Waals surface area contributed by atoms with Crippen LogP contribution in [0.3, 0.4) is 0 Å². The smallest absolute Gasteiger partial charge is 0.240 e. The van der Waals surface area contributed by atoms with E-state index in [-0.39, 0.29) is 11.2 Å². The van der Waals surface area contributed by atoms with Gasteiger partial charge in [0.2, 0.25) is 5.91 Å². The number of para-hydroxylation sites is 1. The minimum absolute atomic E-state index is 0.113. The standard InChI is InChI=1S/C23H26N4OS/c1-3-26(4-2)22(28)20(17-11-7-5-8-12-17)29-23-25-24-21(18-15-16-18)27(23)19-13-9-6-10-14-19/h5-14,18,20H,3-4,15-16H2,1-2H3/t20-/m0/s1. The Hall–Kier alpha value is -2.60. The van der Waals surface area contributed by atoms with E-state index in [1.54, 1.807) is 0 Å². The van der Waals surface area contributed by atoms with Crippen LogP contribution >= 0.6 is 11.8 Å². The molecular weight excluding hydrogens is 380 g/mol. The van der Waals surface area contributed by atoms with Crippen LogP contribution in [-0.2, 0) is 4.79 Å². The predicted octanol–water partition coefficient (Wildman–Crippen LogP) is 4.85. The van der Waals surface area contributed by atoms with Crippen LogP contribution in [0.15, 0.2) is 65.8 Å². The molecule has 2 aromatic carbocycles. The fraction of sp³-hybridized carbons (Fsp3) is 0.348. The quantitative estimate of drug-likeness (QED) is 0.502. The molecule has 1 amide bonds. The topological polar surface area (TPSA) is 51.0 Å². The van der Waals surface area contributed by atoms with Crippen LogP contribution < -0.4 is 0 Å². The van der Waals surface area contributed by atoms with Crippen molar-refractivity contribution < 1.29 is 4.79 Å². The summed E-state index contributed by atoms with van der Waals surface area (Å²) in [6.45, 7) is 5.42. The predicted molar refractivity (Wildman–Crippen MR) is 116 cm³/mol. The van der Waals surface area contributed by atoms with Gasteiger partial charge in [-0.3, -0.25) is 9.36 Å². The van der Waals surface area contributed by atoms with E-state index in [1.165, 1.54) is 11.8 Å². The van der Waals surface area contributed by atoms with E-state index >= 15 is 0 Å². The number of likely N-dealkylation sites (N-methyl/N-ethyl adjacent to an activating group) is 1. The Morgan fingerprint density at radius 1 is 1.03 bits per heavy atom. The molecule has 0 saturated heterocycles. The average Bonchev–Trinajstić information content (AvgIpc) is 3.53. The van der Waals surface area contributed by atoms with Crippen molar-refractivity contribution in [3.8, 4) is 5.69 Å². The number of rotatable bonds is 8. The second-order valence-electron chi connectivity index (χ2n) is 7.21. The monoisotopic (exact) mass is 406 g/mol. The number of carbonyl (C=O) groups excluding carboxylic acids is 1. The second kappa shape index (κ2) is 8.82. The maximum Gasteiger partial charge on any atom is 0.240 e. The van der Waals surface area contributed by atoms with E-state index in [2.05, 4.69) is 26.9 Å². The van der Waals surface area contributed by atoms with Crippen LogP contribution in [0.2, 0.25) is 0 Å².